The number of ether oxygens (including phenoxy) is 1. The molecule has 3 aromatic rings. The largest absolute Gasteiger partial charge is 0.494 e. The number of nitrogens with one attached hydrogen (secondary N) is 1. The molecule has 0 spiro atoms. The molecule has 6 heteroatoms. The first kappa shape index (κ1) is 18.1. The van der Waals surface area contributed by atoms with E-state index in [0.29, 0.717) is 24.6 Å². The number of benzene rings is 2. The molecule has 0 radical (unpaired) electrons. The van der Waals surface area contributed by atoms with Crippen molar-refractivity contribution in [3.8, 4) is 16.3 Å². The maximum absolute atomic E-state index is 12.0. The standard InChI is InChI=1S/C20H21N3O2S/c1-14-5-9-16(10-6-14)19-22-23-20(26-19)21-18(24)4-3-13-25-17-11-7-15(2)8-12-17/h5-12H,3-4,13H2,1-2H3,(H,21,23,24). The number of aryl methyl sites for hydroxylation is 2. The zero-order valence-electron chi connectivity index (χ0n) is 14.9. The van der Waals surface area contributed by atoms with Crippen molar-refractivity contribution < 1.29 is 9.53 Å². The van der Waals surface area contributed by atoms with Crippen LogP contribution in [-0.2, 0) is 4.79 Å². The van der Waals surface area contributed by atoms with E-state index < -0.39 is 0 Å². The minimum Gasteiger partial charge on any atom is -0.494 e. The number of aromatic nitrogens is 2. The summed E-state index contributed by atoms with van der Waals surface area (Å²) in [7, 11) is 0. The smallest absolute Gasteiger partial charge is 0.226 e. The van der Waals surface area contributed by atoms with Crippen molar-refractivity contribution in [3.05, 3.63) is 59.7 Å². The summed E-state index contributed by atoms with van der Waals surface area (Å²) in [6.45, 7) is 4.57. The predicted octanol–water partition coefficient (Wildman–Crippen LogP) is 4.62. The molecule has 1 N–H and O–H groups in total. The van der Waals surface area contributed by atoms with Gasteiger partial charge in [-0.1, -0.05) is 58.9 Å². The van der Waals surface area contributed by atoms with Gasteiger partial charge in [-0.2, -0.15) is 0 Å². The fourth-order valence-corrected chi connectivity index (χ4v) is 3.09. The molecular weight excluding hydrogens is 346 g/mol. The highest BCUT2D eigenvalue weighted by Crippen LogP contribution is 2.26. The van der Waals surface area contributed by atoms with Crippen molar-refractivity contribution in [3.63, 3.8) is 0 Å². The number of hydrogen-bond acceptors (Lipinski definition) is 5. The van der Waals surface area contributed by atoms with Gasteiger partial charge in [-0.05, 0) is 32.4 Å². The molecule has 2 aromatic carbocycles. The third-order valence-corrected chi connectivity index (χ3v) is 4.70. The SMILES string of the molecule is Cc1ccc(OCCCC(=O)Nc2nnc(-c3ccc(C)cc3)s2)cc1. The van der Waals surface area contributed by atoms with Gasteiger partial charge in [0.1, 0.15) is 10.8 Å². The van der Waals surface area contributed by atoms with Gasteiger partial charge >= 0.3 is 0 Å². The monoisotopic (exact) mass is 367 g/mol. The van der Waals surface area contributed by atoms with E-state index in [9.17, 15) is 4.79 Å². The Morgan fingerprint density at radius 3 is 2.35 bits per heavy atom. The zero-order chi connectivity index (χ0) is 18.4. The van der Waals surface area contributed by atoms with Gasteiger partial charge in [0.25, 0.3) is 0 Å². The minimum absolute atomic E-state index is 0.0795. The average Bonchev–Trinajstić information content (AvgIpc) is 3.09. The van der Waals surface area contributed by atoms with Gasteiger partial charge in [-0.15, -0.1) is 10.2 Å². The van der Waals surface area contributed by atoms with Crippen LogP contribution in [0, 0.1) is 13.8 Å². The van der Waals surface area contributed by atoms with Crippen LogP contribution in [0.1, 0.15) is 24.0 Å². The van der Waals surface area contributed by atoms with Crippen LogP contribution in [0.3, 0.4) is 0 Å². The van der Waals surface area contributed by atoms with E-state index in [1.807, 2.05) is 62.4 Å². The van der Waals surface area contributed by atoms with Crippen LogP contribution in [-0.4, -0.2) is 22.7 Å². The lowest BCUT2D eigenvalue weighted by Gasteiger charge is -2.06. The van der Waals surface area contributed by atoms with E-state index in [-0.39, 0.29) is 5.91 Å². The van der Waals surface area contributed by atoms with E-state index in [1.165, 1.54) is 22.5 Å². The third kappa shape index (κ3) is 5.13. The van der Waals surface area contributed by atoms with Crippen molar-refractivity contribution in [2.75, 3.05) is 11.9 Å². The lowest BCUT2D eigenvalue weighted by molar-refractivity contribution is -0.116. The molecule has 0 saturated carbocycles. The quantitative estimate of drug-likeness (QED) is 0.619. The maximum atomic E-state index is 12.0. The molecule has 0 unspecified atom stereocenters. The van der Waals surface area contributed by atoms with Crippen LogP contribution in [0.4, 0.5) is 5.13 Å². The van der Waals surface area contributed by atoms with Gasteiger partial charge in [0, 0.05) is 12.0 Å². The number of nitrogens with zero attached hydrogens (tertiary/aromatic N) is 2. The minimum atomic E-state index is -0.0795. The predicted molar refractivity (Wildman–Crippen MR) is 105 cm³/mol. The summed E-state index contributed by atoms with van der Waals surface area (Å²) in [5, 5.41) is 12.3. The van der Waals surface area contributed by atoms with Crippen LogP contribution in [0.2, 0.25) is 0 Å². The Morgan fingerprint density at radius 1 is 1.00 bits per heavy atom. The van der Waals surface area contributed by atoms with Crippen LogP contribution in [0.25, 0.3) is 10.6 Å². The Bertz CT molecular complexity index is 858. The first-order valence-corrected chi connectivity index (χ1v) is 9.32. The molecule has 0 aliphatic rings. The summed E-state index contributed by atoms with van der Waals surface area (Å²) < 4.78 is 5.63. The van der Waals surface area contributed by atoms with Gasteiger partial charge in [0.2, 0.25) is 11.0 Å². The van der Waals surface area contributed by atoms with E-state index in [1.54, 1.807) is 0 Å². The lowest BCUT2D eigenvalue weighted by Crippen LogP contribution is -2.12. The molecule has 134 valence electrons. The molecule has 1 aromatic heterocycles. The van der Waals surface area contributed by atoms with Crippen molar-refractivity contribution in [1.29, 1.82) is 0 Å². The van der Waals surface area contributed by atoms with Crippen LogP contribution in [0.5, 0.6) is 5.75 Å². The molecular formula is C20H21N3O2S. The highest BCUT2D eigenvalue weighted by Gasteiger charge is 2.09. The van der Waals surface area contributed by atoms with E-state index in [0.717, 1.165) is 16.3 Å². The topological polar surface area (TPSA) is 64.1 Å². The molecule has 0 fully saturated rings. The van der Waals surface area contributed by atoms with Crippen LogP contribution >= 0.6 is 11.3 Å². The average molecular weight is 367 g/mol. The Morgan fingerprint density at radius 2 is 1.65 bits per heavy atom. The fraction of sp³-hybridized carbons (Fsp3) is 0.250. The number of anilines is 1. The second-order valence-corrected chi connectivity index (χ2v) is 7.07. The van der Waals surface area contributed by atoms with Gasteiger partial charge in [0.05, 0.1) is 6.61 Å². The molecule has 3 rings (SSSR count). The highest BCUT2D eigenvalue weighted by molar-refractivity contribution is 7.18. The zero-order valence-corrected chi connectivity index (χ0v) is 15.7. The Labute approximate surface area is 157 Å². The number of rotatable bonds is 7. The summed E-state index contributed by atoms with van der Waals surface area (Å²) in [4.78, 5) is 12.0. The first-order valence-electron chi connectivity index (χ1n) is 8.50. The number of carbonyl (C=O) groups is 1. The van der Waals surface area contributed by atoms with Crippen LogP contribution < -0.4 is 10.1 Å². The summed E-state index contributed by atoms with van der Waals surface area (Å²) in [5.74, 6) is 0.743. The Kier molecular flexibility index (Phi) is 5.96. The van der Waals surface area contributed by atoms with Crippen molar-refractivity contribution in [2.24, 2.45) is 0 Å². The van der Waals surface area contributed by atoms with Crippen molar-refractivity contribution >= 4 is 22.4 Å². The maximum Gasteiger partial charge on any atom is 0.226 e. The molecule has 26 heavy (non-hydrogen) atoms. The molecule has 0 aliphatic carbocycles. The number of hydrogen-bond donors (Lipinski definition) is 1. The van der Waals surface area contributed by atoms with Gasteiger partial charge in [-0.25, -0.2) is 0 Å². The summed E-state index contributed by atoms with van der Waals surface area (Å²) in [5.41, 5.74) is 3.39. The molecule has 0 bridgehead atoms. The first-order chi connectivity index (χ1) is 12.6. The molecule has 0 saturated heterocycles. The van der Waals surface area contributed by atoms with E-state index in [4.69, 9.17) is 4.74 Å². The fourth-order valence-electron chi connectivity index (χ4n) is 2.33. The van der Waals surface area contributed by atoms with Gasteiger partial charge in [-0.3, -0.25) is 4.79 Å². The normalized spacial score (nSPS) is 10.5. The second kappa shape index (κ2) is 8.58. The van der Waals surface area contributed by atoms with Gasteiger partial charge < -0.3 is 10.1 Å². The molecule has 5 nitrogen and oxygen atoms in total. The number of carbonyl (C=O) groups excluding carboxylic acids is 1. The van der Waals surface area contributed by atoms with Crippen molar-refractivity contribution in [1.82, 2.24) is 10.2 Å². The summed E-state index contributed by atoms with van der Waals surface area (Å²) in [6.07, 6.45) is 1.02. The summed E-state index contributed by atoms with van der Waals surface area (Å²) in [6, 6.07) is 15.9. The summed E-state index contributed by atoms with van der Waals surface area (Å²) >= 11 is 1.37. The van der Waals surface area contributed by atoms with Crippen molar-refractivity contribution in [2.45, 2.75) is 26.7 Å². The molecule has 0 aliphatic heterocycles. The Balaban J connectivity index is 1.43. The lowest BCUT2D eigenvalue weighted by atomic mass is 10.2. The van der Waals surface area contributed by atoms with Crippen LogP contribution in [0.15, 0.2) is 48.5 Å². The molecule has 1 heterocycles. The van der Waals surface area contributed by atoms with E-state index >= 15 is 0 Å². The van der Waals surface area contributed by atoms with Gasteiger partial charge in [0.15, 0.2) is 0 Å². The molecule has 1 amide bonds. The third-order valence-electron chi connectivity index (χ3n) is 3.81. The molecule has 0 atom stereocenters. The Hall–Kier alpha value is -2.73. The second-order valence-electron chi connectivity index (χ2n) is 6.09. The van der Waals surface area contributed by atoms with E-state index in [2.05, 4.69) is 15.5 Å². The highest BCUT2D eigenvalue weighted by atomic mass is 32.1. The number of amides is 1.